The Morgan fingerprint density at radius 3 is 2.25 bits per heavy atom. The Hall–Kier alpha value is -0.0831. The van der Waals surface area contributed by atoms with Gasteiger partial charge in [0.2, 0.25) is 0 Å². The van der Waals surface area contributed by atoms with Crippen LogP contribution in [0.25, 0.3) is 0 Å². The van der Waals surface area contributed by atoms with Gasteiger partial charge in [-0.3, -0.25) is 0 Å². The molecule has 0 atom stereocenters. The molecule has 0 aliphatic carbocycles. The zero-order valence-electron chi connectivity index (χ0n) is 8.85. The molecule has 0 aromatic heterocycles. The van der Waals surface area contributed by atoms with Crippen LogP contribution in [0.5, 0.6) is 0 Å². The first-order valence-corrected chi connectivity index (χ1v) is 8.39. The van der Waals surface area contributed by atoms with Gasteiger partial charge < -0.3 is 5.11 Å². The molecule has 0 fully saturated rings. The smallest absolute Gasteiger partial charge is 0.0687 e. The molecule has 0 spiro atoms. The molecule has 12 heavy (non-hydrogen) atoms. The summed E-state index contributed by atoms with van der Waals surface area (Å²) in [6.07, 6.45) is 3.50. The lowest BCUT2D eigenvalue weighted by Gasteiger charge is -2.12. The monoisotopic (exact) mass is 186 g/mol. The fourth-order valence-corrected chi connectivity index (χ4v) is 2.67. The van der Waals surface area contributed by atoms with Crippen molar-refractivity contribution in [3.05, 3.63) is 11.3 Å². The first-order valence-electron chi connectivity index (χ1n) is 4.81. The summed E-state index contributed by atoms with van der Waals surface area (Å²) in [5.41, 5.74) is 3.57. The average molecular weight is 186 g/mol. The van der Waals surface area contributed by atoms with Crippen LogP contribution in [0.2, 0.25) is 19.6 Å². The maximum atomic E-state index is 9.07. The van der Waals surface area contributed by atoms with E-state index in [-0.39, 0.29) is 6.61 Å². The normalized spacial score (nSPS) is 13.6. The van der Waals surface area contributed by atoms with Crippen LogP contribution >= 0.6 is 0 Å². The van der Waals surface area contributed by atoms with Crippen LogP contribution in [0.3, 0.4) is 0 Å². The van der Waals surface area contributed by atoms with Gasteiger partial charge in [0.25, 0.3) is 0 Å². The molecule has 1 N–H and O–H groups in total. The number of hydrogen-bond acceptors (Lipinski definition) is 1. The second-order valence-electron chi connectivity index (χ2n) is 4.43. The lowest BCUT2D eigenvalue weighted by Crippen LogP contribution is -2.17. The molecule has 0 saturated carbocycles. The summed E-state index contributed by atoms with van der Waals surface area (Å²) < 4.78 is 0. The third-order valence-corrected chi connectivity index (χ3v) is 2.97. The minimum absolute atomic E-state index is 0.254. The molecule has 0 amide bonds. The number of aliphatic hydroxyl groups excluding tert-OH is 1. The molecule has 0 heterocycles. The average Bonchev–Trinajstić information content (AvgIpc) is 1.95. The summed E-state index contributed by atoms with van der Waals surface area (Å²) in [7, 11) is -1.11. The van der Waals surface area contributed by atoms with E-state index < -0.39 is 8.07 Å². The second kappa shape index (κ2) is 5.54. The summed E-state index contributed by atoms with van der Waals surface area (Å²) in [5, 5.41) is 9.07. The molecule has 2 heteroatoms. The molecule has 0 unspecified atom stereocenters. The van der Waals surface area contributed by atoms with Gasteiger partial charge in [0.05, 0.1) is 14.7 Å². The van der Waals surface area contributed by atoms with E-state index in [0.29, 0.717) is 0 Å². The molecule has 0 aromatic carbocycles. The van der Waals surface area contributed by atoms with E-state index in [9.17, 15) is 0 Å². The van der Waals surface area contributed by atoms with Crippen molar-refractivity contribution in [2.24, 2.45) is 0 Å². The molecule has 0 radical (unpaired) electrons. The van der Waals surface area contributed by atoms with Crippen molar-refractivity contribution in [1.29, 1.82) is 0 Å². The summed E-state index contributed by atoms with van der Waals surface area (Å²) >= 11 is 0. The Kier molecular flexibility index (Phi) is 5.50. The number of rotatable bonds is 5. The highest BCUT2D eigenvalue weighted by molar-refractivity contribution is 6.81. The minimum atomic E-state index is -1.11. The lowest BCUT2D eigenvalue weighted by molar-refractivity contribution is 0.326. The Morgan fingerprint density at radius 1 is 1.33 bits per heavy atom. The van der Waals surface area contributed by atoms with E-state index >= 15 is 0 Å². The molecular weight excluding hydrogens is 164 g/mol. The predicted octanol–water partition coefficient (Wildman–Crippen LogP) is 2.97. The van der Waals surface area contributed by atoms with E-state index in [1.807, 2.05) is 0 Å². The van der Waals surface area contributed by atoms with Gasteiger partial charge in [-0.2, -0.15) is 0 Å². The van der Waals surface area contributed by atoms with Crippen molar-refractivity contribution in [3.63, 3.8) is 0 Å². The van der Waals surface area contributed by atoms with Crippen LogP contribution < -0.4 is 0 Å². The standard InChI is InChI=1S/C10H22OSi/c1-5-6-7-10(8-11)9-12(2,3)4/h9,11H,5-8H2,1-4H3/b10-9+. The van der Waals surface area contributed by atoms with Crippen LogP contribution in [0.4, 0.5) is 0 Å². The zero-order chi connectivity index (χ0) is 9.61. The predicted molar refractivity (Wildman–Crippen MR) is 58.0 cm³/mol. The molecule has 0 saturated heterocycles. The largest absolute Gasteiger partial charge is 0.392 e. The van der Waals surface area contributed by atoms with E-state index in [4.69, 9.17) is 5.11 Å². The van der Waals surface area contributed by atoms with Gasteiger partial charge in [-0.05, 0) is 12.8 Å². The molecular formula is C10H22OSi. The van der Waals surface area contributed by atoms with Crippen LogP contribution in [0.15, 0.2) is 11.3 Å². The highest BCUT2D eigenvalue weighted by atomic mass is 28.3. The number of unbranched alkanes of at least 4 members (excludes halogenated alkanes) is 1. The fourth-order valence-electron chi connectivity index (χ4n) is 1.21. The molecule has 72 valence electrons. The second-order valence-corrected chi connectivity index (χ2v) is 9.45. The van der Waals surface area contributed by atoms with Crippen molar-refractivity contribution >= 4 is 8.07 Å². The van der Waals surface area contributed by atoms with Crippen molar-refractivity contribution in [2.45, 2.75) is 45.8 Å². The van der Waals surface area contributed by atoms with Gasteiger partial charge in [-0.1, -0.05) is 44.3 Å². The molecule has 0 rings (SSSR count). The summed E-state index contributed by atoms with van der Waals surface area (Å²) in [6, 6.07) is 0. The number of aliphatic hydroxyl groups is 1. The Labute approximate surface area is 77.5 Å². The van der Waals surface area contributed by atoms with Gasteiger partial charge in [0.1, 0.15) is 0 Å². The van der Waals surface area contributed by atoms with Crippen molar-refractivity contribution in [1.82, 2.24) is 0 Å². The zero-order valence-corrected chi connectivity index (χ0v) is 9.85. The molecule has 0 aliphatic rings. The van der Waals surface area contributed by atoms with Gasteiger partial charge in [-0.15, -0.1) is 0 Å². The van der Waals surface area contributed by atoms with E-state index in [2.05, 4.69) is 32.3 Å². The fraction of sp³-hybridized carbons (Fsp3) is 0.800. The van der Waals surface area contributed by atoms with E-state index in [0.717, 1.165) is 6.42 Å². The van der Waals surface area contributed by atoms with Crippen molar-refractivity contribution in [2.75, 3.05) is 6.61 Å². The van der Waals surface area contributed by atoms with Gasteiger partial charge in [0, 0.05) is 0 Å². The summed E-state index contributed by atoms with van der Waals surface area (Å²) in [6.45, 7) is 9.34. The van der Waals surface area contributed by atoms with Crippen LogP contribution in [-0.2, 0) is 0 Å². The molecule has 1 nitrogen and oxygen atoms in total. The maximum Gasteiger partial charge on any atom is 0.0687 e. The molecule has 0 aliphatic heterocycles. The van der Waals surface area contributed by atoms with Crippen LogP contribution in [0, 0.1) is 0 Å². The molecule has 0 aromatic rings. The van der Waals surface area contributed by atoms with Crippen molar-refractivity contribution in [3.8, 4) is 0 Å². The lowest BCUT2D eigenvalue weighted by atomic mass is 10.1. The maximum absolute atomic E-state index is 9.07. The van der Waals surface area contributed by atoms with Gasteiger partial charge >= 0.3 is 0 Å². The number of hydrogen-bond donors (Lipinski definition) is 1. The third kappa shape index (κ3) is 6.62. The van der Waals surface area contributed by atoms with Crippen LogP contribution in [0.1, 0.15) is 26.2 Å². The first kappa shape index (κ1) is 11.9. The topological polar surface area (TPSA) is 20.2 Å². The quantitative estimate of drug-likeness (QED) is 0.655. The highest BCUT2D eigenvalue weighted by Gasteiger charge is 2.09. The first-order chi connectivity index (χ1) is 5.49. The van der Waals surface area contributed by atoms with E-state index in [1.54, 1.807) is 0 Å². The van der Waals surface area contributed by atoms with Gasteiger partial charge in [-0.25, -0.2) is 0 Å². The Balaban J connectivity index is 4.04. The SMILES string of the molecule is CCCC/C(=C\[Si](C)(C)C)CO. The summed E-state index contributed by atoms with van der Waals surface area (Å²) in [4.78, 5) is 0. The highest BCUT2D eigenvalue weighted by Crippen LogP contribution is 2.12. The third-order valence-electron chi connectivity index (χ3n) is 1.69. The van der Waals surface area contributed by atoms with E-state index in [1.165, 1.54) is 18.4 Å². The minimum Gasteiger partial charge on any atom is -0.392 e. The Morgan fingerprint density at radius 2 is 1.92 bits per heavy atom. The van der Waals surface area contributed by atoms with Gasteiger partial charge in [0.15, 0.2) is 0 Å². The Bertz CT molecular complexity index is 144. The van der Waals surface area contributed by atoms with Crippen LogP contribution in [-0.4, -0.2) is 19.8 Å². The molecule has 0 bridgehead atoms. The van der Waals surface area contributed by atoms with Crippen molar-refractivity contribution < 1.29 is 5.11 Å². The summed E-state index contributed by atoms with van der Waals surface area (Å²) in [5.74, 6) is 0.